The summed E-state index contributed by atoms with van der Waals surface area (Å²) in [4.78, 5) is 0. The quantitative estimate of drug-likeness (QED) is 0.439. The molecule has 1 fully saturated rings. The van der Waals surface area contributed by atoms with Crippen LogP contribution in [-0.4, -0.2) is 10.2 Å². The summed E-state index contributed by atoms with van der Waals surface area (Å²) in [7, 11) is 0. The van der Waals surface area contributed by atoms with Crippen molar-refractivity contribution in [1.29, 1.82) is 0 Å². The van der Waals surface area contributed by atoms with Crippen LogP contribution in [0.4, 0.5) is 0 Å². The first-order chi connectivity index (χ1) is 15.8. The summed E-state index contributed by atoms with van der Waals surface area (Å²) in [6.45, 7) is 3.83. The Labute approximate surface area is 210 Å². The monoisotopic (exact) mass is 490 g/mol. The summed E-state index contributed by atoms with van der Waals surface area (Å²) in [6, 6.07) is 8.11. The van der Waals surface area contributed by atoms with Gasteiger partial charge in [0.05, 0.1) is 10.0 Å². The molecule has 0 unspecified atom stereocenters. The highest BCUT2D eigenvalue weighted by Crippen LogP contribution is 2.47. The Morgan fingerprint density at radius 3 is 1.15 bits per heavy atom. The third-order valence-electron chi connectivity index (χ3n) is 7.57. The van der Waals surface area contributed by atoms with Crippen molar-refractivity contribution >= 4 is 23.2 Å². The number of hydrogen-bond donors (Lipinski definition) is 2. The van der Waals surface area contributed by atoms with Crippen LogP contribution in [0, 0.1) is 13.8 Å². The molecule has 2 nitrogen and oxygen atoms in total. The normalized spacial score (nSPS) is 18.9. The molecule has 0 saturated heterocycles. The van der Waals surface area contributed by atoms with Gasteiger partial charge in [-0.15, -0.1) is 0 Å². The Morgan fingerprint density at radius 1 is 0.545 bits per heavy atom. The van der Waals surface area contributed by atoms with Gasteiger partial charge in [0, 0.05) is 5.41 Å². The predicted octanol–water partition coefficient (Wildman–Crippen LogP) is 9.78. The van der Waals surface area contributed by atoms with Crippen LogP contribution >= 0.6 is 23.2 Å². The Hall–Kier alpha value is -1.38. The maximum Gasteiger partial charge on any atom is 0.137 e. The van der Waals surface area contributed by atoms with Crippen molar-refractivity contribution in [3.05, 3.63) is 56.6 Å². The Balaban J connectivity index is 2.07. The van der Waals surface area contributed by atoms with Gasteiger partial charge in [0.1, 0.15) is 11.5 Å². The summed E-state index contributed by atoms with van der Waals surface area (Å²) in [6.07, 6.45) is 17.4. The molecule has 0 heterocycles. The lowest BCUT2D eigenvalue weighted by atomic mass is 9.67. The molecule has 4 heteroatoms. The fourth-order valence-electron chi connectivity index (χ4n) is 5.52. The van der Waals surface area contributed by atoms with Crippen LogP contribution in [0.1, 0.15) is 112 Å². The van der Waals surface area contributed by atoms with E-state index in [2.05, 4.69) is 12.1 Å². The lowest BCUT2D eigenvalue weighted by Crippen LogP contribution is -2.28. The van der Waals surface area contributed by atoms with Gasteiger partial charge in [0.25, 0.3) is 0 Å². The molecule has 0 aromatic heterocycles. The number of rotatable bonds is 2. The molecule has 0 bridgehead atoms. The molecule has 182 valence electrons. The summed E-state index contributed by atoms with van der Waals surface area (Å²) < 4.78 is 0. The second-order valence-corrected chi connectivity index (χ2v) is 10.9. The van der Waals surface area contributed by atoms with E-state index in [0.29, 0.717) is 10.0 Å². The maximum absolute atomic E-state index is 10.4. The number of phenolic OH excluding ortho intramolecular Hbond substituents is 2. The van der Waals surface area contributed by atoms with Crippen LogP contribution in [0.5, 0.6) is 11.5 Å². The molecule has 0 atom stereocenters. The summed E-state index contributed by atoms with van der Waals surface area (Å²) in [5, 5.41) is 21.5. The van der Waals surface area contributed by atoms with Gasteiger partial charge < -0.3 is 10.2 Å². The average molecular weight is 492 g/mol. The van der Waals surface area contributed by atoms with Crippen molar-refractivity contribution in [1.82, 2.24) is 0 Å². The van der Waals surface area contributed by atoms with Crippen molar-refractivity contribution in [2.24, 2.45) is 0 Å². The van der Waals surface area contributed by atoms with Crippen LogP contribution in [0.15, 0.2) is 24.3 Å². The second-order valence-electron chi connectivity index (χ2n) is 10.1. The van der Waals surface area contributed by atoms with E-state index in [0.717, 1.165) is 47.9 Å². The van der Waals surface area contributed by atoms with E-state index >= 15 is 0 Å². The van der Waals surface area contributed by atoms with E-state index < -0.39 is 0 Å². The summed E-state index contributed by atoms with van der Waals surface area (Å²) >= 11 is 13.0. The smallest absolute Gasteiger partial charge is 0.137 e. The minimum absolute atomic E-state index is 0.160. The fraction of sp³-hybridized carbons (Fsp3) is 0.586. The fourth-order valence-corrected chi connectivity index (χ4v) is 6.05. The molecule has 2 aromatic carbocycles. The third kappa shape index (κ3) is 6.61. The summed E-state index contributed by atoms with van der Waals surface area (Å²) in [5.41, 5.74) is 3.65. The number of aryl methyl sites for hydroxylation is 2. The number of benzene rings is 2. The molecule has 1 aliphatic rings. The van der Waals surface area contributed by atoms with Crippen molar-refractivity contribution < 1.29 is 10.2 Å². The van der Waals surface area contributed by atoms with Gasteiger partial charge in [-0.3, -0.25) is 0 Å². The molecule has 0 aliphatic heterocycles. The van der Waals surface area contributed by atoms with Gasteiger partial charge in [-0.2, -0.15) is 0 Å². The van der Waals surface area contributed by atoms with Crippen molar-refractivity contribution in [2.75, 3.05) is 0 Å². The molecule has 0 spiro atoms. The minimum atomic E-state index is -0.246. The second kappa shape index (κ2) is 12.4. The largest absolute Gasteiger partial charge is 0.506 e. The van der Waals surface area contributed by atoms with Gasteiger partial charge in [0.15, 0.2) is 0 Å². The molecule has 0 radical (unpaired) electrons. The standard InChI is InChI=1S/C29H40Cl2O2/c1-21-17-23(19-25(30)27(21)32)29(24-18-22(2)28(33)26(31)20-24)15-13-11-9-7-5-3-4-6-8-10-12-14-16-29/h17-20,32-33H,3-16H2,1-2H3. The van der Waals surface area contributed by atoms with E-state index in [9.17, 15) is 10.2 Å². The molecule has 0 amide bonds. The van der Waals surface area contributed by atoms with E-state index in [4.69, 9.17) is 23.2 Å². The molecule has 1 saturated carbocycles. The minimum Gasteiger partial charge on any atom is -0.506 e. The molecule has 2 aromatic rings. The molecule has 3 rings (SSSR count). The Bertz CT molecular complexity index is 800. The lowest BCUT2D eigenvalue weighted by Gasteiger charge is -2.37. The zero-order valence-electron chi connectivity index (χ0n) is 20.4. The zero-order valence-corrected chi connectivity index (χ0v) is 21.9. The summed E-state index contributed by atoms with van der Waals surface area (Å²) in [5.74, 6) is 0.320. The average Bonchev–Trinajstić information content (AvgIpc) is 2.79. The van der Waals surface area contributed by atoms with Gasteiger partial charge >= 0.3 is 0 Å². The molecular formula is C29H40Cl2O2. The first-order valence-electron chi connectivity index (χ1n) is 12.8. The topological polar surface area (TPSA) is 40.5 Å². The third-order valence-corrected chi connectivity index (χ3v) is 8.15. The highest BCUT2D eigenvalue weighted by molar-refractivity contribution is 6.32. The highest BCUT2D eigenvalue weighted by atomic mass is 35.5. The van der Waals surface area contributed by atoms with Gasteiger partial charge in [-0.1, -0.05) is 112 Å². The number of phenols is 2. The van der Waals surface area contributed by atoms with Crippen LogP contribution in [0.3, 0.4) is 0 Å². The van der Waals surface area contributed by atoms with Crippen molar-refractivity contribution in [2.45, 2.75) is 109 Å². The van der Waals surface area contributed by atoms with Crippen LogP contribution in [0.25, 0.3) is 0 Å². The highest BCUT2D eigenvalue weighted by Gasteiger charge is 2.35. The number of aromatic hydroxyl groups is 2. The SMILES string of the molecule is Cc1cc(C2(c3cc(C)c(O)c(Cl)c3)CCCCCCCCCCCCCC2)cc(Cl)c1O. The predicted molar refractivity (Wildman–Crippen MR) is 141 cm³/mol. The molecule has 33 heavy (non-hydrogen) atoms. The molecule has 1 aliphatic carbocycles. The first kappa shape index (κ1) is 26.2. The number of halogens is 2. The maximum atomic E-state index is 10.4. The van der Waals surface area contributed by atoms with Crippen molar-refractivity contribution in [3.8, 4) is 11.5 Å². The van der Waals surface area contributed by atoms with Crippen LogP contribution < -0.4 is 0 Å². The van der Waals surface area contributed by atoms with Gasteiger partial charge in [0.2, 0.25) is 0 Å². The van der Waals surface area contributed by atoms with Gasteiger partial charge in [-0.05, 0) is 61.1 Å². The van der Waals surface area contributed by atoms with E-state index in [1.165, 1.54) is 64.2 Å². The molecule has 2 N–H and O–H groups in total. The Morgan fingerprint density at radius 2 is 0.848 bits per heavy atom. The van der Waals surface area contributed by atoms with Gasteiger partial charge in [-0.25, -0.2) is 0 Å². The van der Waals surface area contributed by atoms with E-state index in [1.54, 1.807) is 0 Å². The zero-order chi connectivity index (χ0) is 23.8. The van der Waals surface area contributed by atoms with Crippen LogP contribution in [0.2, 0.25) is 10.0 Å². The van der Waals surface area contributed by atoms with E-state index in [1.807, 2.05) is 26.0 Å². The van der Waals surface area contributed by atoms with Crippen LogP contribution in [-0.2, 0) is 5.41 Å². The van der Waals surface area contributed by atoms with E-state index in [-0.39, 0.29) is 16.9 Å². The Kier molecular flexibility index (Phi) is 9.82. The number of hydrogen-bond acceptors (Lipinski definition) is 2. The lowest BCUT2D eigenvalue weighted by molar-refractivity contribution is 0.389. The molecular weight excluding hydrogens is 451 g/mol. The first-order valence-corrected chi connectivity index (χ1v) is 13.6. The van der Waals surface area contributed by atoms with Crippen molar-refractivity contribution in [3.63, 3.8) is 0 Å².